The Hall–Kier alpha value is -2.84. The first-order valence-corrected chi connectivity index (χ1v) is 12.3. The van der Waals surface area contributed by atoms with Crippen molar-refractivity contribution >= 4 is 35.8 Å². The molecule has 0 aliphatic rings. The summed E-state index contributed by atoms with van der Waals surface area (Å²) in [6, 6.07) is 38.3. The fourth-order valence-corrected chi connectivity index (χ4v) is 8.27. The number of rotatable bonds is 5. The molecule has 0 fully saturated rings. The molecule has 29 heavy (non-hydrogen) atoms. The maximum absolute atomic E-state index is 2.55. The van der Waals surface area contributed by atoms with Gasteiger partial charge in [0.2, 0.25) is 0 Å². The molecular formula is C27H26BSi. The molecule has 0 aliphatic carbocycles. The summed E-state index contributed by atoms with van der Waals surface area (Å²) < 4.78 is 0. The summed E-state index contributed by atoms with van der Waals surface area (Å²) in [5.41, 5.74) is 5.17. The van der Waals surface area contributed by atoms with E-state index in [2.05, 4.69) is 131 Å². The zero-order valence-corrected chi connectivity index (χ0v) is 18.4. The van der Waals surface area contributed by atoms with Crippen molar-refractivity contribution in [2.45, 2.75) is 20.8 Å². The Labute approximate surface area is 176 Å². The van der Waals surface area contributed by atoms with Gasteiger partial charge in [-0.1, -0.05) is 141 Å². The molecule has 1 radical (unpaired) electrons. The van der Waals surface area contributed by atoms with Gasteiger partial charge in [-0.3, -0.25) is 0 Å². The Bertz CT molecular complexity index is 955. The van der Waals surface area contributed by atoms with Crippen molar-refractivity contribution in [2.75, 3.05) is 0 Å². The predicted molar refractivity (Wildman–Crippen MR) is 130 cm³/mol. The van der Waals surface area contributed by atoms with E-state index in [9.17, 15) is 0 Å². The molecule has 141 valence electrons. The Morgan fingerprint density at radius 3 is 1.14 bits per heavy atom. The molecule has 0 atom stereocenters. The lowest BCUT2D eigenvalue weighted by Crippen LogP contribution is -2.73. The zero-order valence-electron chi connectivity index (χ0n) is 17.4. The van der Waals surface area contributed by atoms with Gasteiger partial charge in [0, 0.05) is 0 Å². The molecule has 0 saturated carbocycles. The minimum absolute atomic E-state index is 1.28. The third-order valence-corrected chi connectivity index (χ3v) is 10.2. The lowest BCUT2D eigenvalue weighted by Gasteiger charge is -2.34. The van der Waals surface area contributed by atoms with Crippen LogP contribution in [0, 0.1) is 20.8 Å². The summed E-state index contributed by atoms with van der Waals surface area (Å²) in [6.07, 6.45) is 0. The standard InChI is InChI=1S/C27H26BSi/c1-21-9-15-25(16-10-21)29(26-17-11-22(2)12-18-26,27-19-13-23(3)14-20-27)28-24-7-5-4-6-8-24/h4-20H,1-3H3. The summed E-state index contributed by atoms with van der Waals surface area (Å²) >= 11 is 0. The molecule has 2 heteroatoms. The molecule has 4 rings (SSSR count). The zero-order chi connectivity index (χ0) is 20.3. The predicted octanol–water partition coefficient (Wildman–Crippen LogP) is 3.61. The van der Waals surface area contributed by atoms with Crippen LogP contribution in [-0.2, 0) is 0 Å². The maximum Gasteiger partial charge on any atom is 0.162 e. The van der Waals surface area contributed by atoms with E-state index >= 15 is 0 Å². The largest absolute Gasteiger partial charge is 0.162 e. The SMILES string of the molecule is Cc1ccc([Si]([B]c2ccccc2)(c2ccc(C)cc2)c2ccc(C)cc2)cc1. The monoisotopic (exact) mass is 389 g/mol. The van der Waals surface area contributed by atoms with E-state index in [1.165, 1.54) is 37.7 Å². The number of hydrogen-bond donors (Lipinski definition) is 0. The Kier molecular flexibility index (Phi) is 5.55. The van der Waals surface area contributed by atoms with E-state index < -0.39 is 7.94 Å². The van der Waals surface area contributed by atoms with Crippen LogP contribution in [0.2, 0.25) is 0 Å². The van der Waals surface area contributed by atoms with E-state index in [-0.39, 0.29) is 0 Å². The topological polar surface area (TPSA) is 0 Å². The Morgan fingerprint density at radius 1 is 0.448 bits per heavy atom. The van der Waals surface area contributed by atoms with E-state index in [4.69, 9.17) is 0 Å². The van der Waals surface area contributed by atoms with Gasteiger partial charge in [-0.15, -0.1) is 0 Å². The number of hydrogen-bond acceptors (Lipinski definition) is 0. The van der Waals surface area contributed by atoms with Crippen molar-refractivity contribution in [2.24, 2.45) is 0 Å². The molecule has 0 spiro atoms. The van der Waals surface area contributed by atoms with Crippen LogP contribution in [0.25, 0.3) is 0 Å². The summed E-state index contributed by atoms with van der Waals surface area (Å²) in [5, 5.41) is 4.25. The van der Waals surface area contributed by atoms with Gasteiger partial charge in [0.25, 0.3) is 0 Å². The highest BCUT2D eigenvalue weighted by atomic mass is 28.3. The summed E-state index contributed by atoms with van der Waals surface area (Å²) in [4.78, 5) is 0. The van der Waals surface area contributed by atoms with Crippen LogP contribution >= 0.6 is 0 Å². The summed E-state index contributed by atoms with van der Waals surface area (Å²) in [6.45, 7) is 9.02. The van der Waals surface area contributed by atoms with Crippen LogP contribution in [0.4, 0.5) is 0 Å². The van der Waals surface area contributed by atoms with E-state index in [0.29, 0.717) is 0 Å². The summed E-state index contributed by atoms with van der Waals surface area (Å²) in [7, 11) is -2.36. The van der Waals surface area contributed by atoms with Crippen molar-refractivity contribution in [3.63, 3.8) is 0 Å². The number of benzene rings is 4. The van der Waals surface area contributed by atoms with Gasteiger partial charge < -0.3 is 0 Å². The average molecular weight is 389 g/mol. The maximum atomic E-state index is 2.55. The normalized spacial score (nSPS) is 11.3. The molecule has 0 unspecified atom stereocenters. The Balaban J connectivity index is 2.01. The average Bonchev–Trinajstić information content (AvgIpc) is 2.75. The minimum Gasteiger partial charge on any atom is -0.0894 e. The van der Waals surface area contributed by atoms with Crippen LogP contribution < -0.4 is 21.0 Å². The molecule has 0 amide bonds. The highest BCUT2D eigenvalue weighted by Gasteiger charge is 2.39. The smallest absolute Gasteiger partial charge is 0.0894 e. The van der Waals surface area contributed by atoms with Gasteiger partial charge in [-0.05, 0) is 20.8 Å². The Morgan fingerprint density at radius 2 is 0.793 bits per heavy atom. The van der Waals surface area contributed by atoms with Gasteiger partial charge in [-0.2, -0.15) is 0 Å². The van der Waals surface area contributed by atoms with Gasteiger partial charge in [-0.25, -0.2) is 0 Å². The van der Waals surface area contributed by atoms with Crippen molar-refractivity contribution in [3.8, 4) is 0 Å². The highest BCUT2D eigenvalue weighted by molar-refractivity contribution is 7.46. The van der Waals surface area contributed by atoms with Crippen LogP contribution in [0.15, 0.2) is 103 Å². The van der Waals surface area contributed by atoms with Crippen LogP contribution in [0.5, 0.6) is 0 Å². The summed E-state index contributed by atoms with van der Waals surface area (Å²) in [5.74, 6) is 0. The first-order chi connectivity index (χ1) is 14.1. The first-order valence-electron chi connectivity index (χ1n) is 10.2. The van der Waals surface area contributed by atoms with Gasteiger partial charge in [0.1, 0.15) is 7.94 Å². The molecule has 0 aliphatic heterocycles. The third kappa shape index (κ3) is 3.99. The van der Waals surface area contributed by atoms with Crippen molar-refractivity contribution in [1.29, 1.82) is 0 Å². The van der Waals surface area contributed by atoms with Crippen molar-refractivity contribution < 1.29 is 0 Å². The van der Waals surface area contributed by atoms with Crippen LogP contribution in [-0.4, -0.2) is 14.8 Å². The van der Waals surface area contributed by atoms with Crippen molar-refractivity contribution in [3.05, 3.63) is 120 Å². The second kappa shape index (κ2) is 8.26. The molecule has 4 aromatic rings. The first kappa shape index (κ1) is 19.5. The molecule has 0 heterocycles. The third-order valence-electron chi connectivity index (χ3n) is 5.70. The number of aryl methyl sites for hydroxylation is 3. The quantitative estimate of drug-likeness (QED) is 0.361. The van der Waals surface area contributed by atoms with Crippen molar-refractivity contribution in [1.82, 2.24) is 0 Å². The fourth-order valence-electron chi connectivity index (χ4n) is 4.00. The fraction of sp³-hybridized carbons (Fsp3) is 0.111. The highest BCUT2D eigenvalue weighted by Crippen LogP contribution is 2.10. The molecule has 0 aromatic heterocycles. The molecule has 0 bridgehead atoms. The van der Waals surface area contributed by atoms with Gasteiger partial charge >= 0.3 is 0 Å². The van der Waals surface area contributed by atoms with Crippen LogP contribution in [0.3, 0.4) is 0 Å². The molecular weight excluding hydrogens is 363 g/mol. The lowest BCUT2D eigenvalue weighted by molar-refractivity contribution is 1.47. The van der Waals surface area contributed by atoms with E-state index in [1.54, 1.807) is 0 Å². The minimum atomic E-state index is -2.36. The van der Waals surface area contributed by atoms with E-state index in [1.807, 2.05) is 0 Å². The van der Waals surface area contributed by atoms with E-state index in [0.717, 1.165) is 0 Å². The molecule has 4 aromatic carbocycles. The second-order valence-electron chi connectivity index (χ2n) is 7.96. The van der Waals surface area contributed by atoms with Crippen LogP contribution in [0.1, 0.15) is 16.7 Å². The molecule has 0 nitrogen and oxygen atoms in total. The van der Waals surface area contributed by atoms with Gasteiger partial charge in [0.05, 0.1) is 0 Å². The lowest BCUT2D eigenvalue weighted by atomic mass is 9.94. The second-order valence-corrected chi connectivity index (χ2v) is 11.6. The molecule has 0 N–H and O–H groups in total. The van der Waals surface area contributed by atoms with Gasteiger partial charge in [0.15, 0.2) is 6.87 Å². The molecule has 0 saturated heterocycles.